The molecule has 0 N–H and O–H groups in total. The molecule has 0 aliphatic rings. The molecule has 0 bridgehead atoms. The van der Waals surface area contributed by atoms with Crippen molar-refractivity contribution < 1.29 is 9.47 Å². The minimum Gasteiger partial charge on any atom is -0.493 e. The number of hydrogen-bond acceptors (Lipinski definition) is 4. The number of aromatic nitrogens is 2. The van der Waals surface area contributed by atoms with Crippen molar-refractivity contribution in [2.45, 2.75) is 19.4 Å². The molecular formula is C19H19N3O2. The Morgan fingerprint density at radius 1 is 1.04 bits per heavy atom. The predicted octanol–water partition coefficient (Wildman–Crippen LogP) is 3.36. The number of para-hydroxylation sites is 2. The van der Waals surface area contributed by atoms with E-state index in [9.17, 15) is 0 Å². The van der Waals surface area contributed by atoms with Gasteiger partial charge in [0.15, 0.2) is 11.5 Å². The van der Waals surface area contributed by atoms with E-state index in [1.54, 1.807) is 14.2 Å². The molecule has 0 amide bonds. The maximum Gasteiger partial charge on any atom is 0.160 e. The fourth-order valence-corrected chi connectivity index (χ4v) is 2.86. The largest absolute Gasteiger partial charge is 0.493 e. The summed E-state index contributed by atoms with van der Waals surface area (Å²) in [6.07, 6.45) is 1.57. The van der Waals surface area contributed by atoms with Crippen molar-refractivity contribution >= 4 is 11.0 Å². The van der Waals surface area contributed by atoms with E-state index < -0.39 is 0 Å². The summed E-state index contributed by atoms with van der Waals surface area (Å²) >= 11 is 0. The van der Waals surface area contributed by atoms with Gasteiger partial charge in [0, 0.05) is 6.42 Å². The highest BCUT2D eigenvalue weighted by Gasteiger charge is 2.11. The van der Waals surface area contributed by atoms with Crippen molar-refractivity contribution in [3.63, 3.8) is 0 Å². The van der Waals surface area contributed by atoms with Crippen molar-refractivity contribution in [3.8, 4) is 17.6 Å². The van der Waals surface area contributed by atoms with E-state index in [1.165, 1.54) is 0 Å². The van der Waals surface area contributed by atoms with Crippen LogP contribution in [0.15, 0.2) is 42.5 Å². The van der Waals surface area contributed by atoms with Gasteiger partial charge < -0.3 is 14.0 Å². The molecule has 0 aliphatic carbocycles. The van der Waals surface area contributed by atoms with Crippen molar-refractivity contribution in [2.75, 3.05) is 14.2 Å². The highest BCUT2D eigenvalue weighted by atomic mass is 16.5. The number of nitriles is 1. The lowest BCUT2D eigenvalue weighted by Gasteiger charge is -2.10. The Morgan fingerprint density at radius 3 is 2.58 bits per heavy atom. The second-order valence-electron chi connectivity index (χ2n) is 5.45. The van der Waals surface area contributed by atoms with Crippen LogP contribution in [-0.4, -0.2) is 23.8 Å². The fourth-order valence-electron chi connectivity index (χ4n) is 2.86. The number of methoxy groups -OCH3 is 2. The highest BCUT2D eigenvalue weighted by molar-refractivity contribution is 5.76. The number of imidazole rings is 1. The fraction of sp³-hybridized carbons (Fsp3) is 0.263. The predicted molar refractivity (Wildman–Crippen MR) is 92.3 cm³/mol. The lowest BCUT2D eigenvalue weighted by Crippen LogP contribution is -2.04. The van der Waals surface area contributed by atoms with E-state index in [0.29, 0.717) is 6.54 Å². The summed E-state index contributed by atoms with van der Waals surface area (Å²) in [5.41, 5.74) is 3.07. The Bertz CT molecular complexity index is 893. The number of ether oxygens (including phenoxy) is 2. The van der Waals surface area contributed by atoms with Crippen LogP contribution < -0.4 is 9.47 Å². The Balaban J connectivity index is 1.85. The molecule has 2 aromatic carbocycles. The van der Waals surface area contributed by atoms with Gasteiger partial charge in [-0.1, -0.05) is 18.2 Å². The number of fused-ring (bicyclic) bond motifs is 1. The first-order chi connectivity index (χ1) is 11.8. The number of aryl methyl sites for hydroxylation is 2. The Hall–Kier alpha value is -3.00. The molecule has 3 aromatic rings. The van der Waals surface area contributed by atoms with E-state index in [-0.39, 0.29) is 0 Å². The van der Waals surface area contributed by atoms with Crippen LogP contribution in [0, 0.1) is 11.3 Å². The first-order valence-corrected chi connectivity index (χ1v) is 7.79. The van der Waals surface area contributed by atoms with Gasteiger partial charge in [0.1, 0.15) is 12.4 Å². The summed E-state index contributed by atoms with van der Waals surface area (Å²) in [6, 6.07) is 16.0. The van der Waals surface area contributed by atoms with Crippen molar-refractivity contribution in [1.29, 1.82) is 5.26 Å². The van der Waals surface area contributed by atoms with Crippen molar-refractivity contribution in [3.05, 3.63) is 53.9 Å². The summed E-state index contributed by atoms with van der Waals surface area (Å²) in [4.78, 5) is 4.68. The lowest BCUT2D eigenvalue weighted by molar-refractivity contribution is 0.354. The van der Waals surface area contributed by atoms with Crippen molar-refractivity contribution in [1.82, 2.24) is 9.55 Å². The molecule has 5 nitrogen and oxygen atoms in total. The van der Waals surface area contributed by atoms with E-state index in [1.807, 2.05) is 47.0 Å². The Kier molecular flexibility index (Phi) is 4.66. The summed E-state index contributed by atoms with van der Waals surface area (Å²) in [5.74, 6) is 2.37. The number of nitrogens with zero attached hydrogens (tertiary/aromatic N) is 3. The maximum absolute atomic E-state index is 9.10. The van der Waals surface area contributed by atoms with Gasteiger partial charge in [0.2, 0.25) is 0 Å². The topological polar surface area (TPSA) is 60.1 Å². The van der Waals surface area contributed by atoms with Crippen LogP contribution in [0.2, 0.25) is 0 Å². The summed E-state index contributed by atoms with van der Waals surface area (Å²) < 4.78 is 12.6. The Morgan fingerprint density at radius 2 is 1.83 bits per heavy atom. The number of hydrogen-bond donors (Lipinski definition) is 0. The van der Waals surface area contributed by atoms with Gasteiger partial charge in [0.05, 0.1) is 31.3 Å². The van der Waals surface area contributed by atoms with Crippen LogP contribution in [-0.2, 0) is 19.4 Å². The minimum absolute atomic E-state index is 0.307. The van der Waals surface area contributed by atoms with Crippen LogP contribution in [0.3, 0.4) is 0 Å². The van der Waals surface area contributed by atoms with E-state index >= 15 is 0 Å². The van der Waals surface area contributed by atoms with E-state index in [4.69, 9.17) is 14.7 Å². The normalized spacial score (nSPS) is 10.5. The molecule has 0 radical (unpaired) electrons. The zero-order valence-corrected chi connectivity index (χ0v) is 13.8. The molecule has 0 saturated carbocycles. The zero-order chi connectivity index (χ0) is 16.9. The Labute approximate surface area is 141 Å². The molecule has 0 saturated heterocycles. The SMILES string of the molecule is COc1ccc(CCc2nc3ccccc3n2CC#N)cc1OC. The average molecular weight is 321 g/mol. The molecule has 0 fully saturated rings. The van der Waals surface area contributed by atoms with E-state index in [2.05, 4.69) is 11.1 Å². The minimum atomic E-state index is 0.307. The zero-order valence-electron chi connectivity index (χ0n) is 13.8. The van der Waals surface area contributed by atoms with Gasteiger partial charge in [-0.25, -0.2) is 4.98 Å². The highest BCUT2D eigenvalue weighted by Crippen LogP contribution is 2.28. The average Bonchev–Trinajstić information content (AvgIpc) is 2.98. The molecule has 1 heterocycles. The molecule has 122 valence electrons. The van der Waals surface area contributed by atoms with Gasteiger partial charge in [-0.3, -0.25) is 0 Å². The molecule has 24 heavy (non-hydrogen) atoms. The molecule has 3 rings (SSSR count). The van der Waals surface area contributed by atoms with Crippen LogP contribution >= 0.6 is 0 Å². The van der Waals surface area contributed by atoms with E-state index in [0.717, 1.165) is 46.8 Å². The van der Waals surface area contributed by atoms with Gasteiger partial charge in [-0.05, 0) is 36.2 Å². The third-order valence-electron chi connectivity index (χ3n) is 4.05. The number of benzene rings is 2. The molecule has 1 aromatic heterocycles. The van der Waals surface area contributed by atoms with Crippen LogP contribution in [0.1, 0.15) is 11.4 Å². The number of rotatable bonds is 6. The quantitative estimate of drug-likeness (QED) is 0.698. The van der Waals surface area contributed by atoms with Crippen LogP contribution in [0.5, 0.6) is 11.5 Å². The molecular weight excluding hydrogens is 302 g/mol. The first-order valence-electron chi connectivity index (χ1n) is 7.79. The summed E-state index contributed by atoms with van der Waals surface area (Å²) in [7, 11) is 3.26. The first kappa shape index (κ1) is 15.9. The molecule has 0 atom stereocenters. The molecule has 5 heteroatoms. The second kappa shape index (κ2) is 7.05. The smallest absolute Gasteiger partial charge is 0.160 e. The van der Waals surface area contributed by atoms with Gasteiger partial charge in [-0.2, -0.15) is 5.26 Å². The molecule has 0 unspecified atom stereocenters. The van der Waals surface area contributed by atoms with Gasteiger partial charge in [-0.15, -0.1) is 0 Å². The van der Waals surface area contributed by atoms with Gasteiger partial charge in [0.25, 0.3) is 0 Å². The third kappa shape index (κ3) is 3.04. The maximum atomic E-state index is 9.10. The van der Waals surface area contributed by atoms with Crippen LogP contribution in [0.4, 0.5) is 0 Å². The summed E-state index contributed by atoms with van der Waals surface area (Å²) in [5, 5.41) is 9.10. The lowest BCUT2D eigenvalue weighted by atomic mass is 10.1. The third-order valence-corrected chi connectivity index (χ3v) is 4.05. The second-order valence-corrected chi connectivity index (χ2v) is 5.45. The van der Waals surface area contributed by atoms with Crippen molar-refractivity contribution in [2.24, 2.45) is 0 Å². The monoisotopic (exact) mass is 321 g/mol. The standard InChI is InChI=1S/C19H19N3O2/c1-23-17-9-7-14(13-18(17)24-2)8-10-19-21-15-5-3-4-6-16(15)22(19)12-11-20/h3-7,9,13H,8,10,12H2,1-2H3. The molecule has 0 spiro atoms. The van der Waals surface area contributed by atoms with Crippen LogP contribution in [0.25, 0.3) is 11.0 Å². The molecule has 0 aliphatic heterocycles. The van der Waals surface area contributed by atoms with Gasteiger partial charge >= 0.3 is 0 Å². The summed E-state index contributed by atoms with van der Waals surface area (Å²) in [6.45, 7) is 0.307.